The summed E-state index contributed by atoms with van der Waals surface area (Å²) < 4.78 is 12.8. The van der Waals surface area contributed by atoms with Gasteiger partial charge in [0.1, 0.15) is 5.82 Å². The summed E-state index contributed by atoms with van der Waals surface area (Å²) in [5.74, 6) is -0.608. The van der Waals surface area contributed by atoms with Gasteiger partial charge in [-0.15, -0.1) is 0 Å². The van der Waals surface area contributed by atoms with E-state index in [2.05, 4.69) is 0 Å². The molecule has 0 heterocycles. The summed E-state index contributed by atoms with van der Waals surface area (Å²) in [5, 5.41) is 9.52. The average molecular weight is 194 g/mol. The van der Waals surface area contributed by atoms with Gasteiger partial charge in [0.2, 0.25) is 0 Å². The van der Waals surface area contributed by atoms with E-state index in [1.807, 2.05) is 0 Å². The van der Waals surface area contributed by atoms with Gasteiger partial charge < -0.3 is 5.11 Å². The average Bonchev–Trinajstić information content (AvgIpc) is 2.83. The maximum absolute atomic E-state index is 12.8. The smallest absolute Gasteiger partial charge is 0.165 e. The van der Waals surface area contributed by atoms with Crippen LogP contribution in [0.3, 0.4) is 0 Å². The summed E-state index contributed by atoms with van der Waals surface area (Å²) in [4.78, 5) is 11.5. The van der Waals surface area contributed by atoms with E-state index in [1.54, 1.807) is 6.07 Å². The predicted octanol–water partition coefficient (Wildman–Crippen LogP) is 1.92. The molecular formula is C11H11FO2. The van der Waals surface area contributed by atoms with E-state index in [-0.39, 0.29) is 12.2 Å². The van der Waals surface area contributed by atoms with Crippen molar-refractivity contribution in [2.24, 2.45) is 0 Å². The molecule has 1 aromatic carbocycles. The minimum absolute atomic E-state index is 0.108. The molecule has 14 heavy (non-hydrogen) atoms. The standard InChI is InChI=1S/C11H11FO2/c12-9-3-1-2-8(6-9)10(13)7-11(14)4-5-11/h1-3,6,14H,4-5,7H2. The fraction of sp³-hybridized carbons (Fsp3) is 0.364. The Bertz CT molecular complexity index is 369. The van der Waals surface area contributed by atoms with Gasteiger partial charge in [-0.1, -0.05) is 12.1 Å². The summed E-state index contributed by atoms with van der Waals surface area (Å²) in [6.07, 6.45) is 1.46. The number of ketones is 1. The molecule has 2 rings (SSSR count). The number of carbonyl (C=O) groups excluding carboxylic acids is 1. The molecule has 1 saturated carbocycles. The van der Waals surface area contributed by atoms with Crippen molar-refractivity contribution >= 4 is 5.78 Å². The van der Waals surface area contributed by atoms with E-state index in [9.17, 15) is 14.3 Å². The van der Waals surface area contributed by atoms with Gasteiger partial charge >= 0.3 is 0 Å². The van der Waals surface area contributed by atoms with Crippen LogP contribution >= 0.6 is 0 Å². The number of halogens is 1. The van der Waals surface area contributed by atoms with Gasteiger partial charge in [-0.2, -0.15) is 0 Å². The predicted molar refractivity (Wildman–Crippen MR) is 49.5 cm³/mol. The van der Waals surface area contributed by atoms with E-state index in [0.717, 1.165) is 0 Å². The number of carbonyl (C=O) groups is 1. The van der Waals surface area contributed by atoms with Gasteiger partial charge in [0.15, 0.2) is 5.78 Å². The van der Waals surface area contributed by atoms with Crippen LogP contribution < -0.4 is 0 Å². The minimum Gasteiger partial charge on any atom is -0.389 e. The Morgan fingerprint density at radius 3 is 2.79 bits per heavy atom. The summed E-state index contributed by atoms with van der Waals surface area (Å²) >= 11 is 0. The van der Waals surface area contributed by atoms with Gasteiger partial charge in [-0.05, 0) is 25.0 Å². The van der Waals surface area contributed by atoms with Crippen molar-refractivity contribution in [3.8, 4) is 0 Å². The maximum atomic E-state index is 12.8. The molecule has 1 aliphatic carbocycles. The molecule has 1 aromatic rings. The summed E-state index contributed by atoms with van der Waals surface area (Å²) in [7, 11) is 0. The lowest BCUT2D eigenvalue weighted by molar-refractivity contribution is 0.0838. The van der Waals surface area contributed by atoms with Crippen LogP contribution in [0.15, 0.2) is 24.3 Å². The first-order valence-electron chi connectivity index (χ1n) is 4.60. The zero-order valence-corrected chi connectivity index (χ0v) is 7.66. The number of Topliss-reactive ketones (excluding diaryl/α,β-unsaturated/α-hetero) is 1. The summed E-state index contributed by atoms with van der Waals surface area (Å²) in [6.45, 7) is 0. The Balaban J connectivity index is 2.11. The highest BCUT2D eigenvalue weighted by molar-refractivity contribution is 5.96. The largest absolute Gasteiger partial charge is 0.389 e. The van der Waals surface area contributed by atoms with Gasteiger partial charge in [0.25, 0.3) is 0 Å². The van der Waals surface area contributed by atoms with Crippen LogP contribution in [0.25, 0.3) is 0 Å². The van der Waals surface area contributed by atoms with Crippen molar-refractivity contribution in [2.75, 3.05) is 0 Å². The zero-order chi connectivity index (χ0) is 10.2. The fourth-order valence-electron chi connectivity index (χ4n) is 1.38. The van der Waals surface area contributed by atoms with Crippen molar-refractivity contribution < 1.29 is 14.3 Å². The Hall–Kier alpha value is -1.22. The first-order valence-corrected chi connectivity index (χ1v) is 4.60. The molecule has 1 fully saturated rings. The van der Waals surface area contributed by atoms with Crippen LogP contribution in [-0.2, 0) is 0 Å². The summed E-state index contributed by atoms with van der Waals surface area (Å²) in [5.41, 5.74) is -0.464. The van der Waals surface area contributed by atoms with Crippen molar-refractivity contribution in [2.45, 2.75) is 24.9 Å². The SMILES string of the molecule is O=C(CC1(O)CC1)c1cccc(F)c1. The molecule has 0 aliphatic heterocycles. The van der Waals surface area contributed by atoms with Crippen LogP contribution in [0.4, 0.5) is 4.39 Å². The fourth-order valence-corrected chi connectivity index (χ4v) is 1.38. The number of rotatable bonds is 3. The Morgan fingerprint density at radius 1 is 1.50 bits per heavy atom. The second kappa shape index (κ2) is 3.17. The monoisotopic (exact) mass is 194 g/mol. The van der Waals surface area contributed by atoms with Gasteiger partial charge in [0.05, 0.1) is 5.60 Å². The molecule has 0 radical (unpaired) electrons. The van der Waals surface area contributed by atoms with Crippen LogP contribution in [-0.4, -0.2) is 16.5 Å². The number of benzene rings is 1. The second-order valence-corrected chi connectivity index (χ2v) is 3.83. The number of hydrogen-bond donors (Lipinski definition) is 1. The molecule has 0 aromatic heterocycles. The van der Waals surface area contributed by atoms with E-state index in [1.165, 1.54) is 18.2 Å². The molecule has 3 heteroatoms. The summed E-state index contributed by atoms with van der Waals surface area (Å²) in [6, 6.07) is 5.56. The molecule has 0 atom stereocenters. The minimum atomic E-state index is -0.802. The zero-order valence-electron chi connectivity index (χ0n) is 7.66. The molecule has 0 bridgehead atoms. The van der Waals surface area contributed by atoms with Crippen molar-refractivity contribution in [1.29, 1.82) is 0 Å². The topological polar surface area (TPSA) is 37.3 Å². The molecule has 0 amide bonds. The Morgan fingerprint density at radius 2 is 2.21 bits per heavy atom. The lowest BCUT2D eigenvalue weighted by atomic mass is 10.0. The lowest BCUT2D eigenvalue weighted by Gasteiger charge is -2.05. The third-order valence-corrected chi connectivity index (χ3v) is 2.46. The highest BCUT2D eigenvalue weighted by Crippen LogP contribution is 2.39. The highest BCUT2D eigenvalue weighted by Gasteiger charge is 2.42. The van der Waals surface area contributed by atoms with E-state index < -0.39 is 11.4 Å². The molecule has 1 aliphatic rings. The molecule has 0 saturated heterocycles. The molecule has 1 N–H and O–H groups in total. The van der Waals surface area contributed by atoms with Crippen molar-refractivity contribution in [3.63, 3.8) is 0 Å². The van der Waals surface area contributed by atoms with Gasteiger partial charge in [-0.3, -0.25) is 4.79 Å². The van der Waals surface area contributed by atoms with E-state index in [4.69, 9.17) is 0 Å². The molecular weight excluding hydrogens is 183 g/mol. The number of hydrogen-bond acceptors (Lipinski definition) is 2. The molecule has 0 unspecified atom stereocenters. The lowest BCUT2D eigenvalue weighted by Crippen LogP contribution is -2.14. The number of aliphatic hydroxyl groups is 1. The molecule has 2 nitrogen and oxygen atoms in total. The first kappa shape index (κ1) is 9.34. The molecule has 0 spiro atoms. The quantitative estimate of drug-likeness (QED) is 0.746. The van der Waals surface area contributed by atoms with Crippen LogP contribution in [0.1, 0.15) is 29.6 Å². The van der Waals surface area contributed by atoms with Crippen LogP contribution in [0.2, 0.25) is 0 Å². The van der Waals surface area contributed by atoms with Gasteiger partial charge in [0, 0.05) is 12.0 Å². The van der Waals surface area contributed by atoms with Crippen molar-refractivity contribution in [3.05, 3.63) is 35.6 Å². The third kappa shape index (κ3) is 1.99. The first-order chi connectivity index (χ1) is 6.59. The normalized spacial score (nSPS) is 17.9. The Labute approximate surface area is 81.4 Å². The van der Waals surface area contributed by atoms with E-state index in [0.29, 0.717) is 18.4 Å². The highest BCUT2D eigenvalue weighted by atomic mass is 19.1. The van der Waals surface area contributed by atoms with Crippen LogP contribution in [0.5, 0.6) is 0 Å². The molecule has 74 valence electrons. The van der Waals surface area contributed by atoms with Gasteiger partial charge in [-0.25, -0.2) is 4.39 Å². The van der Waals surface area contributed by atoms with Crippen molar-refractivity contribution in [1.82, 2.24) is 0 Å². The van der Waals surface area contributed by atoms with E-state index >= 15 is 0 Å². The second-order valence-electron chi connectivity index (χ2n) is 3.83. The maximum Gasteiger partial charge on any atom is 0.165 e. The third-order valence-electron chi connectivity index (χ3n) is 2.46. The van der Waals surface area contributed by atoms with Crippen LogP contribution in [0, 0.1) is 5.82 Å². The Kier molecular flexibility index (Phi) is 2.11.